The normalized spacial score (nSPS) is 11.7. The van der Waals surface area contributed by atoms with Crippen LogP contribution in [0, 0.1) is 0 Å². The standard InChI is InChI=1S/C10H6Br2O3S3/c11-8-4-6(10(12)17-8)7(13)5-18(14,15)9-2-1-3-16-9/h1-4H,5H2. The molecule has 2 rings (SSSR count). The lowest BCUT2D eigenvalue weighted by Gasteiger charge is -2.00. The minimum Gasteiger partial charge on any atom is -0.293 e. The fourth-order valence-corrected chi connectivity index (χ4v) is 6.46. The highest BCUT2D eigenvalue weighted by molar-refractivity contribution is 9.12. The van der Waals surface area contributed by atoms with Gasteiger partial charge in [-0.05, 0) is 49.4 Å². The van der Waals surface area contributed by atoms with Crippen LogP contribution < -0.4 is 0 Å². The first-order chi connectivity index (χ1) is 8.40. The number of ketones is 1. The Morgan fingerprint density at radius 1 is 1.33 bits per heavy atom. The van der Waals surface area contributed by atoms with E-state index in [-0.39, 0.29) is 4.21 Å². The van der Waals surface area contributed by atoms with Crippen LogP contribution in [-0.2, 0) is 9.84 Å². The van der Waals surface area contributed by atoms with Crippen molar-refractivity contribution in [3.63, 3.8) is 0 Å². The topological polar surface area (TPSA) is 51.2 Å². The second-order valence-corrected chi connectivity index (χ2v) is 10.3. The van der Waals surface area contributed by atoms with Gasteiger partial charge in [-0.2, -0.15) is 0 Å². The van der Waals surface area contributed by atoms with Crippen molar-refractivity contribution in [2.24, 2.45) is 0 Å². The molecule has 0 atom stereocenters. The molecule has 0 saturated carbocycles. The molecular formula is C10H6Br2O3S3. The predicted molar refractivity (Wildman–Crippen MR) is 80.4 cm³/mol. The fraction of sp³-hybridized carbons (Fsp3) is 0.100. The molecule has 0 fully saturated rings. The minimum absolute atomic E-state index is 0.223. The van der Waals surface area contributed by atoms with Crippen LogP contribution in [-0.4, -0.2) is 20.0 Å². The average molecular weight is 430 g/mol. The highest BCUT2D eigenvalue weighted by atomic mass is 79.9. The van der Waals surface area contributed by atoms with Gasteiger partial charge < -0.3 is 0 Å². The third-order valence-electron chi connectivity index (χ3n) is 2.08. The molecule has 2 aromatic rings. The molecule has 0 amide bonds. The maximum atomic E-state index is 12.0. The van der Waals surface area contributed by atoms with Crippen LogP contribution in [0.15, 0.2) is 35.4 Å². The second kappa shape index (κ2) is 5.54. The largest absolute Gasteiger partial charge is 0.293 e. The molecule has 2 heterocycles. The maximum absolute atomic E-state index is 12.0. The summed E-state index contributed by atoms with van der Waals surface area (Å²) in [6, 6.07) is 4.78. The number of thiophene rings is 2. The van der Waals surface area contributed by atoms with E-state index in [1.807, 2.05) is 0 Å². The summed E-state index contributed by atoms with van der Waals surface area (Å²) >= 11 is 8.97. The summed E-state index contributed by atoms with van der Waals surface area (Å²) < 4.78 is 25.6. The number of carbonyl (C=O) groups excluding carboxylic acids is 1. The molecule has 0 radical (unpaired) electrons. The third kappa shape index (κ3) is 3.11. The first kappa shape index (κ1) is 14.4. The van der Waals surface area contributed by atoms with Crippen LogP contribution in [0.1, 0.15) is 10.4 Å². The number of halogens is 2. The van der Waals surface area contributed by atoms with Crippen molar-refractivity contribution in [2.75, 3.05) is 5.75 Å². The van der Waals surface area contributed by atoms with Crippen molar-refractivity contribution in [2.45, 2.75) is 4.21 Å². The van der Waals surface area contributed by atoms with Crippen LogP contribution in [0.3, 0.4) is 0 Å². The van der Waals surface area contributed by atoms with E-state index < -0.39 is 21.4 Å². The molecule has 0 spiro atoms. The summed E-state index contributed by atoms with van der Waals surface area (Å²) in [6.07, 6.45) is 0. The monoisotopic (exact) mass is 428 g/mol. The highest BCUT2D eigenvalue weighted by Gasteiger charge is 2.23. The lowest BCUT2D eigenvalue weighted by atomic mass is 10.2. The fourth-order valence-electron chi connectivity index (χ4n) is 1.29. The smallest absolute Gasteiger partial charge is 0.195 e. The average Bonchev–Trinajstić information content (AvgIpc) is 2.86. The molecule has 96 valence electrons. The first-order valence-electron chi connectivity index (χ1n) is 4.64. The predicted octanol–water partition coefficient (Wildman–Crippen LogP) is 3.99. The number of rotatable bonds is 4. The van der Waals surface area contributed by atoms with E-state index in [0.29, 0.717) is 9.35 Å². The summed E-state index contributed by atoms with van der Waals surface area (Å²) in [5.74, 6) is -0.910. The van der Waals surface area contributed by atoms with Crippen LogP contribution in [0.25, 0.3) is 0 Å². The van der Waals surface area contributed by atoms with Gasteiger partial charge in [0.2, 0.25) is 0 Å². The molecule has 0 saturated heterocycles. The Kier molecular flexibility index (Phi) is 4.43. The second-order valence-electron chi connectivity index (χ2n) is 3.35. The molecule has 0 N–H and O–H groups in total. The minimum atomic E-state index is -3.53. The molecule has 3 nitrogen and oxygen atoms in total. The van der Waals surface area contributed by atoms with Gasteiger partial charge >= 0.3 is 0 Å². The van der Waals surface area contributed by atoms with E-state index in [2.05, 4.69) is 31.9 Å². The number of hydrogen-bond donors (Lipinski definition) is 0. The zero-order valence-corrected chi connectivity index (χ0v) is 14.3. The van der Waals surface area contributed by atoms with Gasteiger partial charge in [0.1, 0.15) is 9.96 Å². The summed E-state index contributed by atoms with van der Waals surface area (Å²) in [5, 5.41) is 1.68. The van der Waals surface area contributed by atoms with E-state index in [1.165, 1.54) is 17.4 Å². The lowest BCUT2D eigenvalue weighted by Crippen LogP contribution is -2.15. The first-order valence-corrected chi connectivity index (χ1v) is 9.58. The van der Waals surface area contributed by atoms with Crippen LogP contribution in [0.5, 0.6) is 0 Å². The van der Waals surface area contributed by atoms with Crippen molar-refractivity contribution in [1.82, 2.24) is 0 Å². The van der Waals surface area contributed by atoms with E-state index in [4.69, 9.17) is 0 Å². The van der Waals surface area contributed by atoms with Crippen molar-refractivity contribution >= 4 is 70.2 Å². The molecule has 18 heavy (non-hydrogen) atoms. The molecule has 0 aliphatic heterocycles. The van der Waals surface area contributed by atoms with Gasteiger partial charge in [-0.25, -0.2) is 8.42 Å². The van der Waals surface area contributed by atoms with Crippen molar-refractivity contribution in [3.05, 3.63) is 36.7 Å². The van der Waals surface area contributed by atoms with Crippen LogP contribution >= 0.6 is 54.5 Å². The third-order valence-corrected chi connectivity index (χ3v) is 7.52. The molecular weight excluding hydrogens is 424 g/mol. The zero-order valence-electron chi connectivity index (χ0n) is 8.72. The van der Waals surface area contributed by atoms with Crippen LogP contribution in [0.2, 0.25) is 0 Å². The Labute approximate surface area is 129 Å². The zero-order chi connectivity index (χ0) is 13.3. The quantitative estimate of drug-likeness (QED) is 0.690. The molecule has 0 aliphatic carbocycles. The number of sulfone groups is 1. The summed E-state index contributed by atoms with van der Waals surface area (Å²) in [6.45, 7) is 0. The number of carbonyl (C=O) groups is 1. The molecule has 0 unspecified atom stereocenters. The van der Waals surface area contributed by atoms with Crippen molar-refractivity contribution in [3.8, 4) is 0 Å². The summed E-state index contributed by atoms with van der Waals surface area (Å²) in [7, 11) is -3.53. The maximum Gasteiger partial charge on any atom is 0.195 e. The van der Waals surface area contributed by atoms with Crippen molar-refractivity contribution < 1.29 is 13.2 Å². The van der Waals surface area contributed by atoms with Gasteiger partial charge in [0.05, 0.1) is 7.57 Å². The Bertz CT molecular complexity index is 671. The van der Waals surface area contributed by atoms with E-state index in [9.17, 15) is 13.2 Å². The SMILES string of the molecule is O=C(CS(=O)(=O)c1cccs1)c1cc(Br)sc1Br. The molecule has 0 aliphatic rings. The Balaban J connectivity index is 2.25. The molecule has 0 bridgehead atoms. The van der Waals surface area contributed by atoms with Crippen LogP contribution in [0.4, 0.5) is 0 Å². The molecule has 2 aromatic heterocycles. The Morgan fingerprint density at radius 3 is 2.56 bits per heavy atom. The Hall–Kier alpha value is -0.0200. The van der Waals surface area contributed by atoms with Gasteiger partial charge in [-0.1, -0.05) is 6.07 Å². The lowest BCUT2D eigenvalue weighted by molar-refractivity contribution is 0.102. The summed E-state index contributed by atoms with van der Waals surface area (Å²) in [4.78, 5) is 12.0. The van der Waals surface area contributed by atoms with E-state index in [0.717, 1.165) is 15.1 Å². The van der Waals surface area contributed by atoms with Gasteiger partial charge in [0.15, 0.2) is 15.6 Å². The Morgan fingerprint density at radius 2 is 2.06 bits per heavy atom. The van der Waals surface area contributed by atoms with E-state index in [1.54, 1.807) is 17.5 Å². The van der Waals surface area contributed by atoms with Gasteiger partial charge in [0, 0.05) is 5.56 Å². The number of Topliss-reactive ketones (excluding diaryl/α,β-unsaturated/α-hetero) is 1. The number of hydrogen-bond acceptors (Lipinski definition) is 5. The van der Waals surface area contributed by atoms with Gasteiger partial charge in [0.25, 0.3) is 0 Å². The highest BCUT2D eigenvalue weighted by Crippen LogP contribution is 2.32. The van der Waals surface area contributed by atoms with E-state index >= 15 is 0 Å². The van der Waals surface area contributed by atoms with Gasteiger partial charge in [-0.15, -0.1) is 22.7 Å². The molecule has 8 heteroatoms. The van der Waals surface area contributed by atoms with Gasteiger partial charge in [-0.3, -0.25) is 4.79 Å². The molecule has 0 aromatic carbocycles. The van der Waals surface area contributed by atoms with Crippen molar-refractivity contribution in [1.29, 1.82) is 0 Å². The summed E-state index contributed by atoms with van der Waals surface area (Å²) in [5.41, 5.74) is 0.395.